The number of rotatable bonds is 3. The lowest BCUT2D eigenvalue weighted by Gasteiger charge is -2.11. The fourth-order valence-corrected chi connectivity index (χ4v) is 3.29. The Labute approximate surface area is 153 Å². The van der Waals surface area contributed by atoms with Crippen LogP contribution >= 0.6 is 0 Å². The Morgan fingerprint density at radius 2 is 1.89 bits per heavy atom. The molecule has 6 heteroatoms. The van der Waals surface area contributed by atoms with E-state index in [1.807, 2.05) is 53.1 Å². The summed E-state index contributed by atoms with van der Waals surface area (Å²) in [6.07, 6.45) is 3.71. The number of carbonyl (C=O) groups is 1. The van der Waals surface area contributed by atoms with Crippen molar-refractivity contribution in [3.8, 4) is 0 Å². The molecule has 0 saturated heterocycles. The standard InChI is InChI=1S/C21H14N4O2/c26-21(27)14-5-8-18-17(12-14)24-20(19-4-2-10-25(18)19)23-15-6-7-16-13(11-15)3-1-9-22-16/h1-12H,(H,23,24)(H,26,27). The number of anilines is 2. The minimum Gasteiger partial charge on any atom is -0.478 e. The summed E-state index contributed by atoms with van der Waals surface area (Å²) < 4.78 is 2.00. The monoisotopic (exact) mass is 354 g/mol. The molecular formula is C21H14N4O2. The summed E-state index contributed by atoms with van der Waals surface area (Å²) in [7, 11) is 0. The zero-order valence-electron chi connectivity index (χ0n) is 14.1. The number of nitrogens with zero attached hydrogens (tertiary/aromatic N) is 3. The molecule has 2 N–H and O–H groups in total. The number of aromatic nitrogens is 3. The molecule has 0 aliphatic carbocycles. The molecule has 0 fully saturated rings. The first kappa shape index (κ1) is 15.3. The molecule has 0 atom stereocenters. The molecule has 2 aromatic carbocycles. The van der Waals surface area contributed by atoms with Crippen LogP contribution in [-0.4, -0.2) is 25.4 Å². The summed E-state index contributed by atoms with van der Waals surface area (Å²) >= 11 is 0. The number of carboxylic acid groups (broad SMARTS) is 1. The van der Waals surface area contributed by atoms with Crippen LogP contribution in [-0.2, 0) is 0 Å². The molecule has 0 amide bonds. The predicted molar refractivity (Wildman–Crippen MR) is 105 cm³/mol. The van der Waals surface area contributed by atoms with E-state index in [1.165, 1.54) is 0 Å². The Morgan fingerprint density at radius 1 is 0.963 bits per heavy atom. The van der Waals surface area contributed by atoms with Crippen LogP contribution in [0.3, 0.4) is 0 Å². The highest BCUT2D eigenvalue weighted by atomic mass is 16.4. The maximum atomic E-state index is 11.3. The van der Waals surface area contributed by atoms with Gasteiger partial charge in [-0.25, -0.2) is 9.78 Å². The van der Waals surface area contributed by atoms with E-state index in [2.05, 4.69) is 15.3 Å². The number of hydrogen-bond donors (Lipinski definition) is 2. The molecule has 0 spiro atoms. The van der Waals surface area contributed by atoms with Gasteiger partial charge in [-0.05, 0) is 54.6 Å². The summed E-state index contributed by atoms with van der Waals surface area (Å²) in [6, 6.07) is 18.7. The third-order valence-corrected chi connectivity index (χ3v) is 4.57. The van der Waals surface area contributed by atoms with Gasteiger partial charge in [-0.3, -0.25) is 4.98 Å². The topological polar surface area (TPSA) is 79.5 Å². The number of fused-ring (bicyclic) bond motifs is 4. The third-order valence-electron chi connectivity index (χ3n) is 4.57. The summed E-state index contributed by atoms with van der Waals surface area (Å²) in [5, 5.41) is 13.7. The van der Waals surface area contributed by atoms with E-state index in [9.17, 15) is 9.90 Å². The minimum absolute atomic E-state index is 0.212. The lowest BCUT2D eigenvalue weighted by molar-refractivity contribution is 0.0697. The molecule has 3 aromatic heterocycles. The van der Waals surface area contributed by atoms with Crippen LogP contribution in [0, 0.1) is 0 Å². The lowest BCUT2D eigenvalue weighted by atomic mass is 10.2. The molecule has 130 valence electrons. The molecule has 27 heavy (non-hydrogen) atoms. The third kappa shape index (κ3) is 2.55. The largest absolute Gasteiger partial charge is 0.478 e. The van der Waals surface area contributed by atoms with Crippen LogP contribution in [0.2, 0.25) is 0 Å². The second-order valence-electron chi connectivity index (χ2n) is 6.27. The highest BCUT2D eigenvalue weighted by molar-refractivity contribution is 5.94. The summed E-state index contributed by atoms with van der Waals surface area (Å²) in [5.41, 5.74) is 4.41. The fourth-order valence-electron chi connectivity index (χ4n) is 3.29. The molecule has 0 radical (unpaired) electrons. The van der Waals surface area contributed by atoms with Gasteiger partial charge in [0.2, 0.25) is 0 Å². The van der Waals surface area contributed by atoms with E-state index in [4.69, 9.17) is 0 Å². The number of hydrogen-bond acceptors (Lipinski definition) is 4. The molecule has 6 nitrogen and oxygen atoms in total. The Hall–Kier alpha value is -3.93. The van der Waals surface area contributed by atoms with Gasteiger partial charge in [0.05, 0.1) is 27.6 Å². The van der Waals surface area contributed by atoms with Crippen LogP contribution in [0.5, 0.6) is 0 Å². The van der Waals surface area contributed by atoms with Gasteiger partial charge in [-0.15, -0.1) is 0 Å². The van der Waals surface area contributed by atoms with Gasteiger partial charge in [0, 0.05) is 23.5 Å². The summed E-state index contributed by atoms with van der Waals surface area (Å²) in [4.78, 5) is 20.3. The highest BCUT2D eigenvalue weighted by Crippen LogP contribution is 2.27. The molecule has 5 rings (SSSR count). The normalized spacial score (nSPS) is 11.3. The first-order chi connectivity index (χ1) is 13.2. The van der Waals surface area contributed by atoms with E-state index in [0.29, 0.717) is 11.3 Å². The Morgan fingerprint density at radius 3 is 2.78 bits per heavy atom. The van der Waals surface area contributed by atoms with Crippen LogP contribution < -0.4 is 5.32 Å². The Kier molecular flexibility index (Phi) is 3.30. The number of pyridine rings is 1. The first-order valence-electron chi connectivity index (χ1n) is 8.45. The van der Waals surface area contributed by atoms with Crippen molar-refractivity contribution in [3.63, 3.8) is 0 Å². The van der Waals surface area contributed by atoms with Crippen molar-refractivity contribution >= 4 is 44.9 Å². The maximum Gasteiger partial charge on any atom is 0.335 e. The van der Waals surface area contributed by atoms with Crippen LogP contribution in [0.4, 0.5) is 11.5 Å². The average molecular weight is 354 g/mol. The van der Waals surface area contributed by atoms with Crippen molar-refractivity contribution < 1.29 is 9.90 Å². The second kappa shape index (κ2) is 5.81. The molecular weight excluding hydrogens is 340 g/mol. The summed E-state index contributed by atoms with van der Waals surface area (Å²) in [6.45, 7) is 0. The van der Waals surface area contributed by atoms with Crippen LogP contribution in [0.1, 0.15) is 10.4 Å². The van der Waals surface area contributed by atoms with Gasteiger partial charge in [0.25, 0.3) is 0 Å². The number of benzene rings is 2. The van der Waals surface area contributed by atoms with Gasteiger partial charge in [0.15, 0.2) is 5.82 Å². The van der Waals surface area contributed by atoms with Crippen molar-refractivity contribution in [3.05, 3.63) is 78.6 Å². The second-order valence-corrected chi connectivity index (χ2v) is 6.27. The smallest absolute Gasteiger partial charge is 0.335 e. The number of carboxylic acids is 1. The van der Waals surface area contributed by atoms with Crippen molar-refractivity contribution in [2.24, 2.45) is 0 Å². The molecule has 5 aromatic rings. The van der Waals surface area contributed by atoms with Crippen LogP contribution in [0.25, 0.3) is 27.5 Å². The molecule has 0 saturated carbocycles. The fraction of sp³-hybridized carbons (Fsp3) is 0. The Balaban J connectivity index is 1.67. The molecule has 0 aliphatic heterocycles. The van der Waals surface area contributed by atoms with Gasteiger partial charge >= 0.3 is 5.97 Å². The van der Waals surface area contributed by atoms with E-state index < -0.39 is 5.97 Å². The minimum atomic E-state index is -0.970. The molecule has 0 bridgehead atoms. The maximum absolute atomic E-state index is 11.3. The Bertz CT molecular complexity index is 1340. The zero-order valence-corrected chi connectivity index (χ0v) is 14.1. The van der Waals surface area contributed by atoms with Gasteiger partial charge in [0.1, 0.15) is 0 Å². The quantitative estimate of drug-likeness (QED) is 0.499. The molecule has 0 aliphatic rings. The van der Waals surface area contributed by atoms with E-state index in [-0.39, 0.29) is 5.56 Å². The van der Waals surface area contributed by atoms with Gasteiger partial charge in [-0.2, -0.15) is 0 Å². The van der Waals surface area contributed by atoms with Crippen LogP contribution in [0.15, 0.2) is 73.1 Å². The molecule has 3 heterocycles. The molecule has 0 unspecified atom stereocenters. The first-order valence-corrected chi connectivity index (χ1v) is 8.45. The van der Waals surface area contributed by atoms with E-state index in [0.717, 1.165) is 27.6 Å². The van der Waals surface area contributed by atoms with Crippen molar-refractivity contribution in [1.82, 2.24) is 14.4 Å². The SMILES string of the molecule is O=C(O)c1ccc2c(c1)nc(Nc1ccc3ncccc3c1)c1cccn12. The lowest BCUT2D eigenvalue weighted by Crippen LogP contribution is -2.01. The predicted octanol–water partition coefficient (Wildman–Crippen LogP) is 4.48. The van der Waals surface area contributed by atoms with Crippen molar-refractivity contribution in [1.29, 1.82) is 0 Å². The number of nitrogens with one attached hydrogen (secondary N) is 1. The summed E-state index contributed by atoms with van der Waals surface area (Å²) in [5.74, 6) is -0.305. The van der Waals surface area contributed by atoms with Crippen molar-refractivity contribution in [2.75, 3.05) is 5.32 Å². The van der Waals surface area contributed by atoms with E-state index >= 15 is 0 Å². The van der Waals surface area contributed by atoms with E-state index in [1.54, 1.807) is 24.4 Å². The average Bonchev–Trinajstić information content (AvgIpc) is 3.18. The number of aromatic carboxylic acids is 1. The van der Waals surface area contributed by atoms with Gasteiger partial charge < -0.3 is 14.8 Å². The zero-order chi connectivity index (χ0) is 18.4. The van der Waals surface area contributed by atoms with Gasteiger partial charge in [-0.1, -0.05) is 6.07 Å². The van der Waals surface area contributed by atoms with Crippen molar-refractivity contribution in [2.45, 2.75) is 0 Å². The highest BCUT2D eigenvalue weighted by Gasteiger charge is 2.11.